The SMILES string of the molecule is C=C/C=C\CC(O)S(N)(=O)=O. The Bertz CT molecular complexity index is 243. The fourth-order valence-corrected chi connectivity index (χ4v) is 0.805. The zero-order valence-electron chi connectivity index (χ0n) is 5.97. The molecule has 1 atom stereocenters. The lowest BCUT2D eigenvalue weighted by atomic mass is 10.4. The quantitative estimate of drug-likeness (QED) is 0.580. The van der Waals surface area contributed by atoms with Crippen molar-refractivity contribution in [2.45, 2.75) is 11.9 Å². The van der Waals surface area contributed by atoms with Crippen LogP contribution < -0.4 is 5.14 Å². The third-order valence-electron chi connectivity index (χ3n) is 0.989. The first kappa shape index (κ1) is 10.3. The number of sulfonamides is 1. The predicted molar refractivity (Wildman–Crippen MR) is 43.1 cm³/mol. The maximum atomic E-state index is 10.4. The molecule has 0 fully saturated rings. The first-order chi connectivity index (χ1) is 4.98. The summed E-state index contributed by atoms with van der Waals surface area (Å²) in [6, 6.07) is 0. The summed E-state index contributed by atoms with van der Waals surface area (Å²) in [5, 5.41) is 13.4. The zero-order valence-corrected chi connectivity index (χ0v) is 6.79. The van der Waals surface area contributed by atoms with Crippen molar-refractivity contribution in [1.82, 2.24) is 0 Å². The maximum Gasteiger partial charge on any atom is 0.236 e. The molecular formula is C6H11NO3S. The minimum absolute atomic E-state index is 0.00907. The molecule has 5 heteroatoms. The van der Waals surface area contributed by atoms with Crippen LogP contribution in [0.25, 0.3) is 0 Å². The summed E-state index contributed by atoms with van der Waals surface area (Å²) in [6.45, 7) is 3.37. The second kappa shape index (κ2) is 4.27. The average Bonchev–Trinajstić information content (AvgIpc) is 1.86. The van der Waals surface area contributed by atoms with E-state index < -0.39 is 15.5 Å². The van der Waals surface area contributed by atoms with E-state index in [2.05, 4.69) is 11.7 Å². The van der Waals surface area contributed by atoms with E-state index in [-0.39, 0.29) is 6.42 Å². The van der Waals surface area contributed by atoms with Crippen molar-refractivity contribution in [3.05, 3.63) is 24.8 Å². The van der Waals surface area contributed by atoms with Crippen LogP contribution >= 0.6 is 0 Å². The van der Waals surface area contributed by atoms with Crippen molar-refractivity contribution >= 4 is 10.0 Å². The fourth-order valence-electron chi connectivity index (χ4n) is 0.425. The Balaban J connectivity index is 3.99. The fraction of sp³-hybridized carbons (Fsp3) is 0.333. The van der Waals surface area contributed by atoms with Gasteiger partial charge in [0.15, 0.2) is 5.44 Å². The summed E-state index contributed by atoms with van der Waals surface area (Å²) in [5.41, 5.74) is -1.52. The standard InChI is InChI=1S/C6H11NO3S/c1-2-3-4-5-6(8)11(7,9)10/h2-4,6,8H,1,5H2,(H2,7,9,10)/b4-3-. The van der Waals surface area contributed by atoms with Crippen LogP contribution in [0, 0.1) is 0 Å². The van der Waals surface area contributed by atoms with E-state index in [0.29, 0.717) is 0 Å². The molecule has 0 bridgehead atoms. The van der Waals surface area contributed by atoms with Crippen molar-refractivity contribution in [2.75, 3.05) is 0 Å². The lowest BCUT2D eigenvalue weighted by Gasteiger charge is -2.02. The molecule has 0 heterocycles. The van der Waals surface area contributed by atoms with Crippen molar-refractivity contribution in [3.8, 4) is 0 Å². The molecule has 0 aromatic carbocycles. The van der Waals surface area contributed by atoms with E-state index in [4.69, 9.17) is 5.11 Å². The summed E-state index contributed by atoms with van der Waals surface area (Å²) in [5.74, 6) is 0. The van der Waals surface area contributed by atoms with Gasteiger partial charge in [-0.05, 0) is 0 Å². The topological polar surface area (TPSA) is 80.4 Å². The molecule has 0 radical (unpaired) electrons. The highest BCUT2D eigenvalue weighted by molar-refractivity contribution is 7.89. The molecule has 0 rings (SSSR count). The highest BCUT2D eigenvalue weighted by Gasteiger charge is 2.14. The van der Waals surface area contributed by atoms with Gasteiger partial charge in [0.05, 0.1) is 0 Å². The van der Waals surface area contributed by atoms with Gasteiger partial charge in [0.25, 0.3) is 0 Å². The summed E-state index contributed by atoms with van der Waals surface area (Å²) in [6.07, 6.45) is 4.48. The van der Waals surface area contributed by atoms with Gasteiger partial charge >= 0.3 is 0 Å². The van der Waals surface area contributed by atoms with Gasteiger partial charge in [-0.3, -0.25) is 0 Å². The monoisotopic (exact) mass is 177 g/mol. The van der Waals surface area contributed by atoms with Crippen LogP contribution in [-0.2, 0) is 10.0 Å². The van der Waals surface area contributed by atoms with E-state index in [1.165, 1.54) is 18.2 Å². The van der Waals surface area contributed by atoms with Crippen molar-refractivity contribution in [2.24, 2.45) is 5.14 Å². The van der Waals surface area contributed by atoms with Gasteiger partial charge < -0.3 is 5.11 Å². The maximum absolute atomic E-state index is 10.4. The minimum atomic E-state index is -3.81. The first-order valence-corrected chi connectivity index (χ1v) is 4.56. The first-order valence-electron chi connectivity index (χ1n) is 2.95. The Morgan fingerprint density at radius 3 is 2.55 bits per heavy atom. The average molecular weight is 177 g/mol. The summed E-state index contributed by atoms with van der Waals surface area (Å²) in [4.78, 5) is 0. The largest absolute Gasteiger partial charge is 0.376 e. The van der Waals surface area contributed by atoms with Gasteiger partial charge in [-0.25, -0.2) is 13.6 Å². The molecule has 0 saturated heterocycles. The molecule has 1 unspecified atom stereocenters. The lowest BCUT2D eigenvalue weighted by molar-refractivity contribution is 0.252. The molecule has 11 heavy (non-hydrogen) atoms. The van der Waals surface area contributed by atoms with E-state index in [1.54, 1.807) is 0 Å². The van der Waals surface area contributed by atoms with Crippen LogP contribution in [-0.4, -0.2) is 19.0 Å². The van der Waals surface area contributed by atoms with Crippen LogP contribution in [0.5, 0.6) is 0 Å². The summed E-state index contributed by atoms with van der Waals surface area (Å²) >= 11 is 0. The van der Waals surface area contributed by atoms with Crippen LogP contribution in [0.15, 0.2) is 24.8 Å². The van der Waals surface area contributed by atoms with Crippen molar-refractivity contribution in [3.63, 3.8) is 0 Å². The smallest absolute Gasteiger partial charge is 0.236 e. The molecule has 0 aliphatic heterocycles. The van der Waals surface area contributed by atoms with Crippen LogP contribution in [0.2, 0.25) is 0 Å². The third-order valence-corrected chi connectivity index (χ3v) is 1.94. The van der Waals surface area contributed by atoms with Gasteiger partial charge in [-0.2, -0.15) is 0 Å². The van der Waals surface area contributed by atoms with Crippen LogP contribution in [0.1, 0.15) is 6.42 Å². The second-order valence-corrected chi connectivity index (χ2v) is 3.67. The van der Waals surface area contributed by atoms with Crippen molar-refractivity contribution < 1.29 is 13.5 Å². The minimum Gasteiger partial charge on any atom is -0.376 e. The summed E-state index contributed by atoms with van der Waals surface area (Å²) < 4.78 is 20.8. The van der Waals surface area contributed by atoms with Gasteiger partial charge in [0.2, 0.25) is 10.0 Å². The molecule has 0 aliphatic carbocycles. The zero-order chi connectivity index (χ0) is 8.91. The molecule has 4 nitrogen and oxygen atoms in total. The number of hydrogen-bond acceptors (Lipinski definition) is 3. The Morgan fingerprint density at radius 1 is 1.64 bits per heavy atom. The number of aliphatic hydroxyl groups is 1. The number of aliphatic hydroxyl groups excluding tert-OH is 1. The highest BCUT2D eigenvalue weighted by Crippen LogP contribution is 1.98. The number of rotatable bonds is 4. The molecule has 64 valence electrons. The van der Waals surface area contributed by atoms with Gasteiger partial charge in [0.1, 0.15) is 0 Å². The summed E-state index contributed by atoms with van der Waals surface area (Å²) in [7, 11) is -3.81. The molecule has 0 amide bonds. The Kier molecular flexibility index (Phi) is 4.02. The molecule has 0 spiro atoms. The van der Waals surface area contributed by atoms with Crippen molar-refractivity contribution in [1.29, 1.82) is 0 Å². The molecule has 0 aromatic rings. The molecular weight excluding hydrogens is 166 g/mol. The van der Waals surface area contributed by atoms with E-state index >= 15 is 0 Å². The number of allylic oxidation sites excluding steroid dienone is 2. The number of nitrogens with two attached hydrogens (primary N) is 1. The van der Waals surface area contributed by atoms with Gasteiger partial charge in [-0.15, -0.1) is 0 Å². The lowest BCUT2D eigenvalue weighted by Crippen LogP contribution is -2.27. The molecule has 0 saturated carbocycles. The van der Waals surface area contributed by atoms with Gasteiger partial charge in [-0.1, -0.05) is 24.8 Å². The van der Waals surface area contributed by atoms with Crippen LogP contribution in [0.3, 0.4) is 0 Å². The number of primary sulfonamides is 1. The van der Waals surface area contributed by atoms with Crippen LogP contribution in [0.4, 0.5) is 0 Å². The molecule has 0 aliphatic rings. The second-order valence-electron chi connectivity index (χ2n) is 1.94. The Labute approximate surface area is 66.1 Å². The Hall–Kier alpha value is -0.650. The van der Waals surface area contributed by atoms with E-state index in [1.807, 2.05) is 0 Å². The molecule has 0 aromatic heterocycles. The number of hydrogen-bond donors (Lipinski definition) is 2. The molecule has 3 N–H and O–H groups in total. The Morgan fingerprint density at radius 2 is 2.18 bits per heavy atom. The third kappa shape index (κ3) is 4.72. The van der Waals surface area contributed by atoms with E-state index in [0.717, 1.165) is 0 Å². The van der Waals surface area contributed by atoms with Gasteiger partial charge in [0, 0.05) is 6.42 Å². The highest BCUT2D eigenvalue weighted by atomic mass is 32.2. The predicted octanol–water partition coefficient (Wildman–Crippen LogP) is -0.274. The normalized spacial score (nSPS) is 15.1. The van der Waals surface area contributed by atoms with E-state index in [9.17, 15) is 8.42 Å².